The topological polar surface area (TPSA) is 58.9 Å². The average Bonchev–Trinajstić information content (AvgIpc) is 2.10. The Bertz CT molecular complexity index is 85.1. The van der Waals surface area contributed by atoms with Crippen LogP contribution in [-0.4, -0.2) is 49.9 Å². The van der Waals surface area contributed by atoms with Crippen molar-refractivity contribution in [1.82, 2.24) is 0 Å². The van der Waals surface area contributed by atoms with Crippen LogP contribution in [-0.2, 0) is 9.47 Å². The van der Waals surface area contributed by atoms with E-state index in [-0.39, 0.29) is 0 Å². The van der Waals surface area contributed by atoms with Crippen LogP contribution in [0, 0.1) is 0 Å². The number of hydrogen-bond acceptors (Lipinski definition) is 4. The first-order valence-corrected chi connectivity index (χ1v) is 4.06. The molecule has 0 aliphatic rings. The fraction of sp³-hybridized carbons (Fsp3) is 1.00. The molecule has 0 fully saturated rings. The van der Waals surface area contributed by atoms with Crippen LogP contribution in [0.2, 0.25) is 0 Å². The van der Waals surface area contributed by atoms with Crippen molar-refractivity contribution in [2.24, 2.45) is 0 Å². The summed E-state index contributed by atoms with van der Waals surface area (Å²) in [6.07, 6.45) is -0.497. The predicted octanol–water partition coefficient (Wildman–Crippen LogP) is -0.219. The quantitative estimate of drug-likeness (QED) is 0.566. The first-order valence-electron chi connectivity index (χ1n) is 4.06. The largest absolute Gasteiger partial charge is 0.390 e. The summed E-state index contributed by atoms with van der Waals surface area (Å²) in [5.74, 6) is 0. The van der Waals surface area contributed by atoms with Gasteiger partial charge in [-0.3, -0.25) is 0 Å². The minimum atomic E-state index is -0.708. The third kappa shape index (κ3) is 5.49. The van der Waals surface area contributed by atoms with E-state index in [2.05, 4.69) is 0 Å². The molecule has 2 atom stereocenters. The minimum absolute atomic E-state index is 0.460. The third-order valence-electron chi connectivity index (χ3n) is 1.68. The summed E-state index contributed by atoms with van der Waals surface area (Å²) < 4.78 is 9.53. The predicted molar refractivity (Wildman–Crippen MR) is 45.0 cm³/mol. The molecule has 0 amide bonds. The summed E-state index contributed by atoms with van der Waals surface area (Å²) in [4.78, 5) is 0. The second-order valence-electron chi connectivity index (χ2n) is 2.70. The van der Waals surface area contributed by atoms with Crippen molar-refractivity contribution in [2.45, 2.75) is 25.0 Å². The molecule has 12 heavy (non-hydrogen) atoms. The lowest BCUT2D eigenvalue weighted by Crippen LogP contribution is -2.28. The van der Waals surface area contributed by atoms with Gasteiger partial charge in [-0.2, -0.15) is 0 Å². The molecule has 0 spiro atoms. The molecule has 0 aliphatic heterocycles. The van der Waals surface area contributed by atoms with Gasteiger partial charge in [0.15, 0.2) is 0 Å². The minimum Gasteiger partial charge on any atom is -0.390 e. The van der Waals surface area contributed by atoms with Crippen LogP contribution in [0.1, 0.15) is 12.8 Å². The molecule has 0 aromatic carbocycles. The fourth-order valence-corrected chi connectivity index (χ4v) is 0.862. The second kappa shape index (κ2) is 7.49. The van der Waals surface area contributed by atoms with E-state index in [1.54, 1.807) is 14.2 Å². The highest BCUT2D eigenvalue weighted by Gasteiger charge is 2.14. The number of ether oxygens (including phenoxy) is 2. The van der Waals surface area contributed by atoms with E-state index in [1.165, 1.54) is 0 Å². The van der Waals surface area contributed by atoms with Gasteiger partial charge < -0.3 is 19.7 Å². The van der Waals surface area contributed by atoms with Crippen LogP contribution in [0.4, 0.5) is 0 Å². The average molecular weight is 178 g/mol. The lowest BCUT2D eigenvalue weighted by molar-refractivity contribution is -0.0138. The number of aliphatic hydroxyl groups is 2. The summed E-state index contributed by atoms with van der Waals surface area (Å²) >= 11 is 0. The zero-order chi connectivity index (χ0) is 9.40. The highest BCUT2D eigenvalue weighted by molar-refractivity contribution is 4.66. The molecule has 2 unspecified atom stereocenters. The molecule has 0 radical (unpaired) electrons. The molecule has 2 N–H and O–H groups in total. The van der Waals surface area contributed by atoms with Gasteiger partial charge in [-0.1, -0.05) is 0 Å². The Labute approximate surface area is 73.1 Å². The van der Waals surface area contributed by atoms with Gasteiger partial charge in [0.1, 0.15) is 0 Å². The molecule has 74 valence electrons. The molecule has 0 saturated heterocycles. The SMILES string of the molecule is COCCC(O)C(O)CCOC. The number of rotatable bonds is 7. The van der Waals surface area contributed by atoms with Crippen molar-refractivity contribution in [3.8, 4) is 0 Å². The van der Waals surface area contributed by atoms with E-state index in [4.69, 9.17) is 9.47 Å². The van der Waals surface area contributed by atoms with E-state index in [1.807, 2.05) is 0 Å². The van der Waals surface area contributed by atoms with Gasteiger partial charge in [0.25, 0.3) is 0 Å². The molecule has 0 aromatic rings. The van der Waals surface area contributed by atoms with Gasteiger partial charge in [0, 0.05) is 27.4 Å². The highest BCUT2D eigenvalue weighted by Crippen LogP contribution is 2.03. The standard InChI is InChI=1S/C8H18O4/c1-11-5-3-7(9)8(10)4-6-12-2/h7-10H,3-6H2,1-2H3. The third-order valence-corrected chi connectivity index (χ3v) is 1.68. The van der Waals surface area contributed by atoms with Crippen LogP contribution < -0.4 is 0 Å². The van der Waals surface area contributed by atoms with E-state index < -0.39 is 12.2 Å². The van der Waals surface area contributed by atoms with Crippen molar-refractivity contribution in [2.75, 3.05) is 27.4 Å². The molecule has 0 heterocycles. The van der Waals surface area contributed by atoms with E-state index in [9.17, 15) is 10.2 Å². The number of hydrogen-bond donors (Lipinski definition) is 2. The van der Waals surface area contributed by atoms with Crippen LogP contribution in [0.5, 0.6) is 0 Å². The maximum atomic E-state index is 9.29. The molecular weight excluding hydrogens is 160 g/mol. The normalized spacial score (nSPS) is 16.0. The van der Waals surface area contributed by atoms with E-state index in [0.717, 1.165) is 0 Å². The monoisotopic (exact) mass is 178 g/mol. The smallest absolute Gasteiger partial charge is 0.0821 e. The number of aliphatic hydroxyl groups excluding tert-OH is 2. The van der Waals surface area contributed by atoms with Gasteiger partial charge in [0.2, 0.25) is 0 Å². The Morgan fingerprint density at radius 3 is 1.50 bits per heavy atom. The van der Waals surface area contributed by atoms with Crippen molar-refractivity contribution < 1.29 is 19.7 Å². The maximum absolute atomic E-state index is 9.29. The first-order chi connectivity index (χ1) is 5.72. The molecule has 0 aromatic heterocycles. The zero-order valence-corrected chi connectivity index (χ0v) is 7.69. The van der Waals surface area contributed by atoms with Gasteiger partial charge >= 0.3 is 0 Å². The lowest BCUT2D eigenvalue weighted by Gasteiger charge is -2.16. The molecule has 4 nitrogen and oxygen atoms in total. The maximum Gasteiger partial charge on any atom is 0.0821 e. The van der Waals surface area contributed by atoms with Gasteiger partial charge in [-0.05, 0) is 12.8 Å². The summed E-state index contributed by atoms with van der Waals surface area (Å²) in [6, 6.07) is 0. The molecule has 0 saturated carbocycles. The van der Waals surface area contributed by atoms with Gasteiger partial charge in [0.05, 0.1) is 12.2 Å². The lowest BCUT2D eigenvalue weighted by atomic mass is 10.1. The molecule has 0 rings (SSSR count). The first kappa shape index (κ1) is 11.8. The molecule has 4 heteroatoms. The Morgan fingerprint density at radius 1 is 0.917 bits per heavy atom. The molecular formula is C8H18O4. The van der Waals surface area contributed by atoms with Crippen LogP contribution in [0.15, 0.2) is 0 Å². The molecule has 0 bridgehead atoms. The summed E-state index contributed by atoms with van der Waals surface area (Å²) in [6.45, 7) is 0.927. The van der Waals surface area contributed by atoms with Crippen molar-refractivity contribution >= 4 is 0 Å². The Morgan fingerprint density at radius 2 is 1.25 bits per heavy atom. The van der Waals surface area contributed by atoms with Crippen molar-refractivity contribution in [3.63, 3.8) is 0 Å². The summed E-state index contributed by atoms with van der Waals surface area (Å²) in [7, 11) is 3.13. The zero-order valence-electron chi connectivity index (χ0n) is 7.69. The molecule has 0 aliphatic carbocycles. The van der Waals surface area contributed by atoms with E-state index >= 15 is 0 Å². The van der Waals surface area contributed by atoms with Crippen LogP contribution in [0.3, 0.4) is 0 Å². The van der Waals surface area contributed by atoms with Crippen LogP contribution in [0.25, 0.3) is 0 Å². The fourth-order valence-electron chi connectivity index (χ4n) is 0.862. The van der Waals surface area contributed by atoms with Crippen molar-refractivity contribution in [1.29, 1.82) is 0 Å². The van der Waals surface area contributed by atoms with Gasteiger partial charge in [-0.15, -0.1) is 0 Å². The number of methoxy groups -OCH3 is 2. The Hall–Kier alpha value is -0.160. The Kier molecular flexibility index (Phi) is 7.39. The van der Waals surface area contributed by atoms with Crippen LogP contribution >= 0.6 is 0 Å². The summed E-state index contributed by atoms with van der Waals surface area (Å²) in [5.41, 5.74) is 0. The van der Waals surface area contributed by atoms with Gasteiger partial charge in [-0.25, -0.2) is 0 Å². The van der Waals surface area contributed by atoms with E-state index in [0.29, 0.717) is 26.1 Å². The second-order valence-corrected chi connectivity index (χ2v) is 2.70. The Balaban J connectivity index is 3.39. The summed E-state index contributed by atoms with van der Waals surface area (Å²) in [5, 5.41) is 18.6. The van der Waals surface area contributed by atoms with Crippen molar-refractivity contribution in [3.05, 3.63) is 0 Å². The highest BCUT2D eigenvalue weighted by atomic mass is 16.5.